The molecule has 0 saturated carbocycles. The van der Waals surface area contributed by atoms with Crippen molar-refractivity contribution < 1.29 is 10.0 Å². The number of hydrogen-bond donors (Lipinski definition) is 2. The summed E-state index contributed by atoms with van der Waals surface area (Å²) >= 11 is 3.39. The highest BCUT2D eigenvalue weighted by molar-refractivity contribution is 9.10. The predicted octanol–water partition coefficient (Wildman–Crippen LogP) is 5.31. The summed E-state index contributed by atoms with van der Waals surface area (Å²) < 4.78 is 4.62. The monoisotopic (exact) mass is 561 g/mol. The quantitative estimate of drug-likeness (QED) is 0.333. The van der Waals surface area contributed by atoms with E-state index in [1.54, 1.807) is 24.3 Å². The number of hydrogen-bond acceptors (Lipinski definition) is 4. The van der Waals surface area contributed by atoms with Crippen LogP contribution < -0.4 is 5.46 Å². The second-order valence-corrected chi connectivity index (χ2v) is 12.2. The van der Waals surface area contributed by atoms with Crippen molar-refractivity contribution in [2.24, 2.45) is 10.8 Å². The van der Waals surface area contributed by atoms with Crippen LogP contribution >= 0.6 is 15.9 Å². The molecule has 0 atom stereocenters. The molecule has 0 amide bonds. The van der Waals surface area contributed by atoms with Gasteiger partial charge in [-0.2, -0.15) is 0 Å². The fraction of sp³-hybridized carbons (Fsp3) is 0.462. The Bertz CT molecular complexity index is 1320. The molecule has 1 radical (unpaired) electrons. The lowest BCUT2D eigenvalue weighted by molar-refractivity contribution is 0.177. The summed E-state index contributed by atoms with van der Waals surface area (Å²) in [4.78, 5) is 8.80. The standard InChI is InChI=1S/C16H24B2N2O.C8H8BBrN2O.C2H6B/c1-15(2)10-18(11-16(15,3)4)12-9-20(17(5)21)13-7-6-8-19-14(12)13;1-9(13)12-5-6(10)8-7(12)3-2-4-11-8;1-3-2/h6-9,21H,10-11H2,1-5H3;2-5,13H,1H3;1-2H3. The average molecular weight is 562 g/mol. The Morgan fingerprint density at radius 3 is 1.78 bits per heavy atom. The van der Waals surface area contributed by atoms with E-state index in [-0.39, 0.29) is 0 Å². The minimum absolute atomic E-state index is 0.325. The summed E-state index contributed by atoms with van der Waals surface area (Å²) in [6, 6.07) is 7.77. The number of rotatable bonds is 3. The molecule has 0 bridgehead atoms. The van der Waals surface area contributed by atoms with Crippen LogP contribution in [0.5, 0.6) is 0 Å². The van der Waals surface area contributed by atoms with Crippen LogP contribution in [0.3, 0.4) is 0 Å². The first kappa shape index (κ1) is 29.6. The minimum atomic E-state index is -0.530. The maximum atomic E-state index is 10.0. The maximum Gasteiger partial charge on any atom is 0.413 e. The normalized spacial score (nSPS) is 15.6. The molecule has 6 nitrogen and oxygen atoms in total. The third-order valence-corrected chi connectivity index (χ3v) is 8.33. The van der Waals surface area contributed by atoms with Crippen LogP contribution in [0.15, 0.2) is 53.5 Å². The summed E-state index contributed by atoms with van der Waals surface area (Å²) in [5.74, 6) is 0. The second-order valence-electron chi connectivity index (χ2n) is 11.3. The Labute approximate surface area is 232 Å². The van der Waals surface area contributed by atoms with Crippen LogP contribution in [0.25, 0.3) is 22.1 Å². The molecule has 0 unspecified atom stereocenters. The molecule has 1 fully saturated rings. The van der Waals surface area contributed by atoms with Crippen molar-refractivity contribution in [1.82, 2.24) is 18.9 Å². The molecule has 2 N–H and O–H groups in total. The van der Waals surface area contributed by atoms with E-state index in [4.69, 9.17) is 0 Å². The highest BCUT2D eigenvalue weighted by atomic mass is 79.9. The van der Waals surface area contributed by atoms with E-state index in [0.29, 0.717) is 17.5 Å². The molecule has 11 heteroatoms. The van der Waals surface area contributed by atoms with Gasteiger partial charge in [0.1, 0.15) is 12.8 Å². The van der Waals surface area contributed by atoms with Crippen molar-refractivity contribution in [3.63, 3.8) is 0 Å². The van der Waals surface area contributed by atoms with Gasteiger partial charge in [-0.1, -0.05) is 54.0 Å². The Hall–Kier alpha value is -1.96. The third-order valence-electron chi connectivity index (χ3n) is 7.75. The highest BCUT2D eigenvalue weighted by Crippen LogP contribution is 2.52. The smallest absolute Gasteiger partial charge is 0.413 e. The average Bonchev–Trinajstić information content (AvgIpc) is 3.44. The van der Waals surface area contributed by atoms with Crippen LogP contribution in [0.4, 0.5) is 0 Å². The van der Waals surface area contributed by atoms with Gasteiger partial charge < -0.3 is 19.0 Å². The molecule has 0 aromatic carbocycles. The Kier molecular flexibility index (Phi) is 9.46. The van der Waals surface area contributed by atoms with Gasteiger partial charge in [0.2, 0.25) is 0 Å². The predicted molar refractivity (Wildman–Crippen MR) is 166 cm³/mol. The minimum Gasteiger partial charge on any atom is -0.432 e. The second kappa shape index (κ2) is 11.8. The van der Waals surface area contributed by atoms with Crippen LogP contribution in [0.2, 0.25) is 39.9 Å². The molecular formula is C26H38B4BrN4O2. The lowest BCUT2D eigenvalue weighted by Crippen LogP contribution is -2.28. The number of aromatic nitrogens is 4. The molecule has 193 valence electrons. The number of nitrogens with zero attached hydrogens (tertiary/aromatic N) is 4. The summed E-state index contributed by atoms with van der Waals surface area (Å²) in [6.07, 6.45) is 9.89. The first-order chi connectivity index (χ1) is 17.3. The lowest BCUT2D eigenvalue weighted by atomic mass is 9.42. The van der Waals surface area contributed by atoms with Gasteiger partial charge in [-0.15, -0.1) is 0 Å². The topological polar surface area (TPSA) is 76.1 Å². The number of fused-ring (bicyclic) bond motifs is 2. The van der Waals surface area contributed by atoms with Crippen LogP contribution in [-0.2, 0) is 0 Å². The summed E-state index contributed by atoms with van der Waals surface area (Å²) in [6.45, 7) is 17.5. The van der Waals surface area contributed by atoms with Crippen molar-refractivity contribution in [3.05, 3.63) is 53.5 Å². The SMILES string of the molecule is CB(O)n1cc(B2CC(C)(C)C(C)(C)C2)c2ncccc21.CB(O)n1cc(Br)c2ncccc21.C[B]C. The Morgan fingerprint density at radius 2 is 1.30 bits per heavy atom. The van der Waals surface area contributed by atoms with E-state index in [2.05, 4.69) is 59.8 Å². The van der Waals surface area contributed by atoms with Gasteiger partial charge in [-0.25, -0.2) is 0 Å². The zero-order valence-electron chi connectivity index (χ0n) is 23.4. The molecule has 4 aromatic heterocycles. The molecule has 1 aliphatic heterocycles. The third kappa shape index (κ3) is 6.21. The van der Waals surface area contributed by atoms with Gasteiger partial charge in [0.15, 0.2) is 6.71 Å². The van der Waals surface area contributed by atoms with Gasteiger partial charge >= 0.3 is 14.1 Å². The van der Waals surface area contributed by atoms with Crippen molar-refractivity contribution in [1.29, 1.82) is 0 Å². The number of pyridine rings is 2. The van der Waals surface area contributed by atoms with Crippen LogP contribution in [-0.4, -0.2) is 57.1 Å². The first-order valence-electron chi connectivity index (χ1n) is 13.0. The molecule has 5 heterocycles. The zero-order chi connectivity index (χ0) is 27.5. The lowest BCUT2D eigenvalue weighted by Gasteiger charge is -2.35. The van der Waals surface area contributed by atoms with E-state index in [1.165, 1.54) is 18.1 Å². The van der Waals surface area contributed by atoms with Gasteiger partial charge in [0, 0.05) is 18.6 Å². The highest BCUT2D eigenvalue weighted by Gasteiger charge is 2.48. The molecule has 1 saturated heterocycles. The molecule has 1 aliphatic rings. The van der Waals surface area contributed by atoms with Gasteiger partial charge in [0.05, 0.1) is 21.0 Å². The van der Waals surface area contributed by atoms with E-state index in [0.717, 1.165) is 26.5 Å². The van der Waals surface area contributed by atoms with E-state index >= 15 is 0 Å². The molecule has 4 aromatic rings. The van der Waals surface area contributed by atoms with E-state index in [9.17, 15) is 10.0 Å². The maximum absolute atomic E-state index is 10.0. The van der Waals surface area contributed by atoms with Crippen molar-refractivity contribution >= 4 is 71.6 Å². The van der Waals surface area contributed by atoms with Crippen LogP contribution in [0, 0.1) is 10.8 Å². The molecule has 5 rings (SSSR count). The summed E-state index contributed by atoms with van der Waals surface area (Å²) in [5.41, 5.74) is 5.84. The van der Waals surface area contributed by atoms with E-state index in [1.807, 2.05) is 62.1 Å². The molecule has 0 spiro atoms. The largest absolute Gasteiger partial charge is 0.432 e. The van der Waals surface area contributed by atoms with Gasteiger partial charge in [-0.05, 0) is 76.3 Å². The van der Waals surface area contributed by atoms with Crippen molar-refractivity contribution in [3.8, 4) is 0 Å². The van der Waals surface area contributed by atoms with E-state index < -0.39 is 14.1 Å². The van der Waals surface area contributed by atoms with Crippen molar-refractivity contribution in [2.75, 3.05) is 0 Å². The molecule has 37 heavy (non-hydrogen) atoms. The fourth-order valence-corrected chi connectivity index (χ4v) is 5.67. The fourth-order valence-electron chi connectivity index (χ4n) is 5.14. The van der Waals surface area contributed by atoms with Gasteiger partial charge in [-0.3, -0.25) is 9.97 Å². The summed E-state index contributed by atoms with van der Waals surface area (Å²) in [5, 5.41) is 19.5. The molecule has 0 aliphatic carbocycles. The van der Waals surface area contributed by atoms with Crippen molar-refractivity contribution in [2.45, 2.75) is 67.6 Å². The first-order valence-corrected chi connectivity index (χ1v) is 13.8. The Balaban J connectivity index is 0.000000203. The number of halogens is 1. The Morgan fingerprint density at radius 1 is 0.865 bits per heavy atom. The summed E-state index contributed by atoms with van der Waals surface area (Å²) in [7, 11) is 0.950. The van der Waals surface area contributed by atoms with Gasteiger partial charge in [0.25, 0.3) is 0 Å². The van der Waals surface area contributed by atoms with Crippen LogP contribution in [0.1, 0.15) is 27.7 Å². The molecular weight excluding hydrogens is 523 g/mol. The zero-order valence-corrected chi connectivity index (χ0v) is 25.0.